The van der Waals surface area contributed by atoms with E-state index in [1.54, 1.807) is 0 Å². The van der Waals surface area contributed by atoms with Gasteiger partial charge in [-0.3, -0.25) is 4.99 Å². The predicted octanol–water partition coefficient (Wildman–Crippen LogP) is 0.405. The molecule has 0 aromatic carbocycles. The number of nitrogens with one attached hydrogen (secondary N) is 1. The van der Waals surface area contributed by atoms with Crippen LogP contribution in [-0.2, 0) is 13.6 Å². The molecule has 1 N–H and O–H groups in total. The van der Waals surface area contributed by atoms with Crippen molar-refractivity contribution >= 4 is 5.84 Å². The molecule has 0 saturated heterocycles. The summed E-state index contributed by atoms with van der Waals surface area (Å²) < 4.78 is 1.99. The molecule has 14 heavy (non-hydrogen) atoms. The molecule has 0 radical (unpaired) electrons. The molecule has 0 saturated carbocycles. The molecular weight excluding hydrogens is 178 g/mol. The van der Waals surface area contributed by atoms with Crippen molar-refractivity contribution in [2.45, 2.75) is 26.3 Å². The van der Waals surface area contributed by atoms with E-state index >= 15 is 0 Å². The number of nitrogens with zero attached hydrogens (tertiary/aromatic N) is 4. The van der Waals surface area contributed by atoms with Gasteiger partial charge in [-0.2, -0.15) is 0 Å². The quantitative estimate of drug-likeness (QED) is 0.740. The Balaban J connectivity index is 1.94. The fourth-order valence-electron chi connectivity index (χ4n) is 1.47. The van der Waals surface area contributed by atoms with Crippen LogP contribution < -0.4 is 5.32 Å². The number of hydrogen-bond donors (Lipinski definition) is 1. The molecule has 0 bridgehead atoms. The molecule has 0 amide bonds. The Hall–Kier alpha value is -1.39. The van der Waals surface area contributed by atoms with Gasteiger partial charge in [-0.05, 0) is 13.3 Å². The maximum absolute atomic E-state index is 4.34. The minimum atomic E-state index is 0.718. The van der Waals surface area contributed by atoms with Crippen molar-refractivity contribution in [3.8, 4) is 0 Å². The summed E-state index contributed by atoms with van der Waals surface area (Å²) in [6, 6.07) is 0. The minimum absolute atomic E-state index is 0.718. The molecule has 0 fully saturated rings. The fourth-order valence-corrected chi connectivity index (χ4v) is 1.47. The summed E-state index contributed by atoms with van der Waals surface area (Å²) in [4.78, 5) is 4.34. The van der Waals surface area contributed by atoms with E-state index in [0.717, 1.165) is 37.0 Å². The SMILES string of the molecule is Cc1nnc(CNC2=NCCC2)n1C. The van der Waals surface area contributed by atoms with Crippen LogP contribution in [0.3, 0.4) is 0 Å². The highest BCUT2D eigenvalue weighted by Gasteiger charge is 2.08. The van der Waals surface area contributed by atoms with Gasteiger partial charge in [0.1, 0.15) is 5.82 Å². The van der Waals surface area contributed by atoms with E-state index in [4.69, 9.17) is 0 Å². The highest BCUT2D eigenvalue weighted by Crippen LogP contribution is 2.02. The second-order valence-corrected chi connectivity index (χ2v) is 3.51. The summed E-state index contributed by atoms with van der Waals surface area (Å²) in [5.41, 5.74) is 0. The first-order chi connectivity index (χ1) is 6.77. The van der Waals surface area contributed by atoms with Gasteiger partial charge in [-0.15, -0.1) is 10.2 Å². The van der Waals surface area contributed by atoms with Crippen LogP contribution in [0.5, 0.6) is 0 Å². The van der Waals surface area contributed by atoms with E-state index in [9.17, 15) is 0 Å². The number of amidine groups is 1. The Morgan fingerprint density at radius 3 is 2.86 bits per heavy atom. The third kappa shape index (κ3) is 1.76. The van der Waals surface area contributed by atoms with Crippen LogP contribution in [0, 0.1) is 6.92 Å². The van der Waals surface area contributed by atoms with Crippen molar-refractivity contribution in [3.05, 3.63) is 11.6 Å². The Kier molecular flexibility index (Phi) is 2.47. The van der Waals surface area contributed by atoms with Gasteiger partial charge in [0, 0.05) is 20.0 Å². The lowest BCUT2D eigenvalue weighted by atomic mass is 10.3. The molecule has 0 spiro atoms. The molecular formula is C9H15N5. The van der Waals surface area contributed by atoms with Crippen LogP contribution in [0.25, 0.3) is 0 Å². The smallest absolute Gasteiger partial charge is 0.152 e. The zero-order chi connectivity index (χ0) is 9.97. The van der Waals surface area contributed by atoms with Gasteiger partial charge in [-0.1, -0.05) is 0 Å². The zero-order valence-corrected chi connectivity index (χ0v) is 8.62. The number of rotatable bonds is 2. The zero-order valence-electron chi connectivity index (χ0n) is 8.62. The average molecular weight is 193 g/mol. The summed E-state index contributed by atoms with van der Waals surface area (Å²) in [6.45, 7) is 3.62. The Labute approximate surface area is 83.3 Å². The topological polar surface area (TPSA) is 55.1 Å². The van der Waals surface area contributed by atoms with Crippen LogP contribution in [0.15, 0.2) is 4.99 Å². The number of aliphatic imine (C=N–C) groups is 1. The lowest BCUT2D eigenvalue weighted by molar-refractivity contribution is 0.733. The van der Waals surface area contributed by atoms with E-state index in [1.165, 1.54) is 6.42 Å². The monoisotopic (exact) mass is 193 g/mol. The van der Waals surface area contributed by atoms with Crippen molar-refractivity contribution in [1.82, 2.24) is 20.1 Å². The van der Waals surface area contributed by atoms with Gasteiger partial charge < -0.3 is 9.88 Å². The molecule has 1 aliphatic heterocycles. The second-order valence-electron chi connectivity index (χ2n) is 3.51. The lowest BCUT2D eigenvalue weighted by Gasteiger charge is -2.04. The minimum Gasteiger partial charge on any atom is -0.367 e. The van der Waals surface area contributed by atoms with Crippen molar-refractivity contribution in [2.75, 3.05) is 6.54 Å². The van der Waals surface area contributed by atoms with Crippen molar-refractivity contribution in [2.24, 2.45) is 12.0 Å². The molecule has 1 aromatic rings. The second kappa shape index (κ2) is 3.77. The fraction of sp³-hybridized carbons (Fsp3) is 0.667. The molecule has 0 unspecified atom stereocenters. The number of aryl methyl sites for hydroxylation is 1. The van der Waals surface area contributed by atoms with Gasteiger partial charge in [0.05, 0.1) is 12.4 Å². The van der Waals surface area contributed by atoms with Crippen LogP contribution >= 0.6 is 0 Å². The molecule has 5 nitrogen and oxygen atoms in total. The van der Waals surface area contributed by atoms with Gasteiger partial charge in [0.2, 0.25) is 0 Å². The van der Waals surface area contributed by atoms with Crippen LogP contribution in [0.2, 0.25) is 0 Å². The van der Waals surface area contributed by atoms with Gasteiger partial charge in [0.15, 0.2) is 5.82 Å². The third-order valence-electron chi connectivity index (χ3n) is 2.51. The van der Waals surface area contributed by atoms with Crippen molar-refractivity contribution in [3.63, 3.8) is 0 Å². The van der Waals surface area contributed by atoms with E-state index in [0.29, 0.717) is 0 Å². The summed E-state index contributed by atoms with van der Waals surface area (Å²) in [7, 11) is 1.98. The largest absolute Gasteiger partial charge is 0.367 e. The van der Waals surface area contributed by atoms with E-state index in [2.05, 4.69) is 20.5 Å². The van der Waals surface area contributed by atoms with Crippen LogP contribution in [0.1, 0.15) is 24.5 Å². The van der Waals surface area contributed by atoms with Crippen LogP contribution in [0.4, 0.5) is 0 Å². The molecule has 2 heterocycles. The molecule has 0 aliphatic carbocycles. The normalized spacial score (nSPS) is 15.7. The first kappa shape index (κ1) is 9.18. The van der Waals surface area contributed by atoms with E-state index < -0.39 is 0 Å². The highest BCUT2D eigenvalue weighted by molar-refractivity contribution is 5.83. The summed E-state index contributed by atoms with van der Waals surface area (Å²) >= 11 is 0. The van der Waals surface area contributed by atoms with Crippen molar-refractivity contribution < 1.29 is 0 Å². The van der Waals surface area contributed by atoms with Gasteiger partial charge in [0.25, 0.3) is 0 Å². The predicted molar refractivity (Wildman–Crippen MR) is 54.1 cm³/mol. The summed E-state index contributed by atoms with van der Waals surface area (Å²) in [6.07, 6.45) is 2.23. The Morgan fingerprint density at radius 1 is 1.43 bits per heavy atom. The van der Waals surface area contributed by atoms with Gasteiger partial charge >= 0.3 is 0 Å². The molecule has 5 heteroatoms. The van der Waals surface area contributed by atoms with Crippen LogP contribution in [-0.4, -0.2) is 27.1 Å². The summed E-state index contributed by atoms with van der Waals surface area (Å²) in [5.74, 6) is 3.00. The molecule has 0 atom stereocenters. The molecule has 2 rings (SSSR count). The lowest BCUT2D eigenvalue weighted by Crippen LogP contribution is -2.22. The third-order valence-corrected chi connectivity index (χ3v) is 2.51. The number of hydrogen-bond acceptors (Lipinski definition) is 4. The van der Waals surface area contributed by atoms with E-state index in [-0.39, 0.29) is 0 Å². The Morgan fingerprint density at radius 2 is 2.29 bits per heavy atom. The van der Waals surface area contributed by atoms with E-state index in [1.807, 2.05) is 18.5 Å². The highest BCUT2D eigenvalue weighted by atomic mass is 15.3. The van der Waals surface area contributed by atoms with Gasteiger partial charge in [-0.25, -0.2) is 0 Å². The average Bonchev–Trinajstić information content (AvgIpc) is 2.77. The number of aromatic nitrogens is 3. The molecule has 76 valence electrons. The summed E-state index contributed by atoms with van der Waals surface area (Å²) in [5, 5.41) is 11.3. The first-order valence-electron chi connectivity index (χ1n) is 4.89. The molecule has 1 aliphatic rings. The standard InChI is InChI=1S/C9H15N5/c1-7-12-13-9(14(7)2)6-11-8-4-3-5-10-8/h3-6H2,1-2H3,(H,10,11). The van der Waals surface area contributed by atoms with Crippen molar-refractivity contribution in [1.29, 1.82) is 0 Å². The first-order valence-corrected chi connectivity index (χ1v) is 4.89. The maximum Gasteiger partial charge on any atom is 0.152 e. The Bertz CT molecular complexity index is 352. The maximum atomic E-state index is 4.34. The molecule has 1 aromatic heterocycles.